The number of hydrogen-bond donors (Lipinski definition) is 1. The highest BCUT2D eigenvalue weighted by Gasteiger charge is 2.26. The number of nitrogens with zero attached hydrogens (tertiary/aromatic N) is 1. The Morgan fingerprint density at radius 1 is 1.23 bits per heavy atom. The van der Waals surface area contributed by atoms with Crippen molar-refractivity contribution >= 4 is 23.2 Å². The Hall–Kier alpha value is -1.84. The normalized spacial score (nSPS) is 16.6. The molecule has 0 fully saturated rings. The molecule has 22 heavy (non-hydrogen) atoms. The van der Waals surface area contributed by atoms with Crippen LogP contribution in [0.25, 0.3) is 0 Å². The maximum Gasteiger partial charge on any atom is 0.238 e. The first-order chi connectivity index (χ1) is 10.6. The van der Waals surface area contributed by atoms with Crippen molar-refractivity contribution < 1.29 is 4.79 Å². The molecule has 0 saturated carbocycles. The van der Waals surface area contributed by atoms with Crippen molar-refractivity contribution in [3.8, 4) is 0 Å². The molecule has 1 N–H and O–H groups in total. The van der Waals surface area contributed by atoms with E-state index in [2.05, 4.69) is 34.5 Å². The second-order valence-electron chi connectivity index (χ2n) is 5.72. The van der Waals surface area contributed by atoms with E-state index in [0.717, 1.165) is 18.5 Å². The molecular formula is C18H19ClN2O. The fraction of sp³-hybridized carbons (Fsp3) is 0.278. The number of fused-ring (bicyclic) bond motifs is 1. The molecule has 0 aliphatic heterocycles. The van der Waals surface area contributed by atoms with Crippen LogP contribution in [0.15, 0.2) is 48.5 Å². The molecule has 0 radical (unpaired) electrons. The van der Waals surface area contributed by atoms with Crippen LogP contribution in [0.5, 0.6) is 0 Å². The molecule has 0 heterocycles. The molecule has 1 atom stereocenters. The van der Waals surface area contributed by atoms with Gasteiger partial charge in [0.1, 0.15) is 0 Å². The largest absolute Gasteiger partial charge is 0.325 e. The molecule has 114 valence electrons. The number of aryl methyl sites for hydroxylation is 1. The average Bonchev–Trinajstić information content (AvgIpc) is 2.93. The number of nitrogens with one attached hydrogen (secondary N) is 1. The molecule has 1 aliphatic rings. The molecule has 0 aromatic heterocycles. The van der Waals surface area contributed by atoms with Gasteiger partial charge >= 0.3 is 0 Å². The summed E-state index contributed by atoms with van der Waals surface area (Å²) >= 11 is 5.85. The van der Waals surface area contributed by atoms with Crippen LogP contribution in [-0.4, -0.2) is 24.4 Å². The second-order valence-corrected chi connectivity index (χ2v) is 6.16. The molecule has 0 bridgehead atoms. The lowest BCUT2D eigenvalue weighted by molar-refractivity contribution is -0.117. The highest BCUT2D eigenvalue weighted by atomic mass is 35.5. The van der Waals surface area contributed by atoms with Crippen LogP contribution in [-0.2, 0) is 11.2 Å². The first-order valence-corrected chi connectivity index (χ1v) is 7.85. The number of halogens is 1. The minimum Gasteiger partial charge on any atom is -0.325 e. The summed E-state index contributed by atoms with van der Waals surface area (Å²) in [4.78, 5) is 14.3. The average molecular weight is 315 g/mol. The van der Waals surface area contributed by atoms with Crippen LogP contribution in [0.1, 0.15) is 23.6 Å². The smallest absolute Gasteiger partial charge is 0.238 e. The molecule has 1 amide bonds. The number of carbonyl (C=O) groups is 1. The molecule has 0 unspecified atom stereocenters. The van der Waals surface area contributed by atoms with Crippen LogP contribution >= 0.6 is 11.6 Å². The molecule has 0 spiro atoms. The Morgan fingerprint density at radius 3 is 2.73 bits per heavy atom. The Bertz CT molecular complexity index is 669. The second kappa shape index (κ2) is 6.51. The standard InChI is InChI=1S/C18H19ClN2O/c1-21(17-11-6-13-4-2-3-5-16(13)17)12-18(22)20-15-9-7-14(19)8-10-15/h2-5,7-10,17H,6,11-12H2,1H3,(H,20,22)/t17-/m1/s1. The molecule has 3 nitrogen and oxygen atoms in total. The zero-order valence-corrected chi connectivity index (χ0v) is 13.3. The Morgan fingerprint density at radius 2 is 1.95 bits per heavy atom. The zero-order chi connectivity index (χ0) is 15.5. The number of likely N-dealkylation sites (N-methyl/N-ethyl adjacent to an activating group) is 1. The fourth-order valence-corrected chi connectivity index (χ4v) is 3.19. The highest BCUT2D eigenvalue weighted by Crippen LogP contribution is 2.34. The summed E-state index contributed by atoms with van der Waals surface area (Å²) < 4.78 is 0. The lowest BCUT2D eigenvalue weighted by Gasteiger charge is -2.24. The van der Waals surface area contributed by atoms with E-state index < -0.39 is 0 Å². The number of amides is 1. The number of anilines is 1. The van der Waals surface area contributed by atoms with Crippen LogP contribution < -0.4 is 5.32 Å². The van der Waals surface area contributed by atoms with Gasteiger partial charge in [-0.3, -0.25) is 9.69 Å². The Balaban J connectivity index is 1.61. The van der Waals surface area contributed by atoms with Crippen LogP contribution in [0.4, 0.5) is 5.69 Å². The van der Waals surface area contributed by atoms with Gasteiger partial charge in [0.05, 0.1) is 6.54 Å². The predicted molar refractivity (Wildman–Crippen MR) is 90.2 cm³/mol. The summed E-state index contributed by atoms with van der Waals surface area (Å²) in [7, 11) is 2.01. The van der Waals surface area contributed by atoms with Crippen molar-refractivity contribution in [1.82, 2.24) is 4.90 Å². The van der Waals surface area contributed by atoms with E-state index in [9.17, 15) is 4.79 Å². The summed E-state index contributed by atoms with van der Waals surface area (Å²) in [5.41, 5.74) is 3.52. The molecule has 0 saturated heterocycles. The SMILES string of the molecule is CN(CC(=O)Nc1ccc(Cl)cc1)[C@@H]1CCc2ccccc21. The number of rotatable bonds is 4. The van der Waals surface area contributed by atoms with Crippen molar-refractivity contribution in [2.75, 3.05) is 18.9 Å². The third-order valence-electron chi connectivity index (χ3n) is 4.15. The highest BCUT2D eigenvalue weighted by molar-refractivity contribution is 6.30. The minimum absolute atomic E-state index is 0.00537. The van der Waals surface area contributed by atoms with Gasteiger partial charge in [0.15, 0.2) is 0 Å². The van der Waals surface area contributed by atoms with Gasteiger partial charge in [0, 0.05) is 16.8 Å². The van der Waals surface area contributed by atoms with Crippen molar-refractivity contribution in [3.05, 3.63) is 64.7 Å². The topological polar surface area (TPSA) is 32.3 Å². The maximum absolute atomic E-state index is 12.2. The number of hydrogen-bond acceptors (Lipinski definition) is 2. The van der Waals surface area contributed by atoms with Crippen LogP contribution in [0, 0.1) is 0 Å². The van der Waals surface area contributed by atoms with Crippen molar-refractivity contribution in [3.63, 3.8) is 0 Å². The first kappa shape index (κ1) is 15.1. The lowest BCUT2D eigenvalue weighted by atomic mass is 10.1. The van der Waals surface area contributed by atoms with E-state index in [1.165, 1.54) is 11.1 Å². The lowest BCUT2D eigenvalue weighted by Crippen LogP contribution is -2.32. The summed E-state index contributed by atoms with van der Waals surface area (Å²) in [6.45, 7) is 0.377. The van der Waals surface area contributed by atoms with E-state index in [1.54, 1.807) is 12.1 Å². The molecular weight excluding hydrogens is 296 g/mol. The van der Waals surface area contributed by atoms with E-state index in [1.807, 2.05) is 19.2 Å². The zero-order valence-electron chi connectivity index (χ0n) is 12.6. The molecule has 1 aliphatic carbocycles. The van der Waals surface area contributed by atoms with Gasteiger partial charge in [-0.25, -0.2) is 0 Å². The van der Waals surface area contributed by atoms with E-state index in [4.69, 9.17) is 11.6 Å². The molecule has 2 aromatic rings. The van der Waals surface area contributed by atoms with E-state index in [-0.39, 0.29) is 5.91 Å². The third-order valence-corrected chi connectivity index (χ3v) is 4.41. The summed E-state index contributed by atoms with van der Waals surface area (Å²) in [5.74, 6) is -0.00537. The summed E-state index contributed by atoms with van der Waals surface area (Å²) in [6.07, 6.45) is 2.16. The summed E-state index contributed by atoms with van der Waals surface area (Å²) in [5, 5.41) is 3.57. The molecule has 4 heteroatoms. The monoisotopic (exact) mass is 314 g/mol. The molecule has 3 rings (SSSR count). The van der Waals surface area contributed by atoms with Gasteiger partial charge in [-0.15, -0.1) is 0 Å². The fourth-order valence-electron chi connectivity index (χ4n) is 3.06. The van der Waals surface area contributed by atoms with E-state index in [0.29, 0.717) is 17.6 Å². The van der Waals surface area contributed by atoms with Crippen molar-refractivity contribution in [2.24, 2.45) is 0 Å². The number of benzene rings is 2. The van der Waals surface area contributed by atoms with Crippen molar-refractivity contribution in [2.45, 2.75) is 18.9 Å². The maximum atomic E-state index is 12.2. The minimum atomic E-state index is -0.00537. The molecule has 2 aromatic carbocycles. The first-order valence-electron chi connectivity index (χ1n) is 7.47. The van der Waals surface area contributed by atoms with Gasteiger partial charge in [-0.05, 0) is 55.3 Å². The Kier molecular flexibility index (Phi) is 4.46. The van der Waals surface area contributed by atoms with Gasteiger partial charge in [-0.1, -0.05) is 35.9 Å². The van der Waals surface area contributed by atoms with Gasteiger partial charge < -0.3 is 5.32 Å². The predicted octanol–water partition coefficient (Wildman–Crippen LogP) is 3.90. The quantitative estimate of drug-likeness (QED) is 0.928. The summed E-state index contributed by atoms with van der Waals surface area (Å²) in [6, 6.07) is 16.0. The van der Waals surface area contributed by atoms with Gasteiger partial charge in [-0.2, -0.15) is 0 Å². The van der Waals surface area contributed by atoms with Crippen LogP contribution in [0.3, 0.4) is 0 Å². The van der Waals surface area contributed by atoms with Crippen molar-refractivity contribution in [1.29, 1.82) is 0 Å². The Labute approximate surface area is 135 Å². The van der Waals surface area contributed by atoms with Crippen LogP contribution in [0.2, 0.25) is 5.02 Å². The number of carbonyl (C=O) groups excluding carboxylic acids is 1. The van der Waals surface area contributed by atoms with Gasteiger partial charge in [0.25, 0.3) is 0 Å². The van der Waals surface area contributed by atoms with Gasteiger partial charge in [0.2, 0.25) is 5.91 Å². The van der Waals surface area contributed by atoms with E-state index >= 15 is 0 Å². The third kappa shape index (κ3) is 3.32.